The van der Waals surface area contributed by atoms with Crippen LogP contribution < -0.4 is 9.47 Å². The van der Waals surface area contributed by atoms with E-state index in [0.717, 1.165) is 5.75 Å². The van der Waals surface area contributed by atoms with Gasteiger partial charge in [0.1, 0.15) is 17.2 Å². The van der Waals surface area contributed by atoms with Crippen LogP contribution in [-0.2, 0) is 4.79 Å². The van der Waals surface area contributed by atoms with E-state index >= 15 is 0 Å². The average molecular weight is 272 g/mol. The van der Waals surface area contributed by atoms with Crippen molar-refractivity contribution < 1.29 is 19.4 Å². The van der Waals surface area contributed by atoms with E-state index in [1.54, 1.807) is 31.2 Å². The summed E-state index contributed by atoms with van der Waals surface area (Å²) in [7, 11) is 0. The molecule has 1 N–H and O–H groups in total. The lowest BCUT2D eigenvalue weighted by Gasteiger charge is -2.14. The third-order valence-electron chi connectivity index (χ3n) is 2.71. The van der Waals surface area contributed by atoms with Crippen molar-refractivity contribution in [2.45, 2.75) is 19.4 Å². The minimum atomic E-state index is -0.970. The van der Waals surface area contributed by atoms with Gasteiger partial charge in [0.05, 0.1) is 0 Å². The molecular formula is C16H16O4. The van der Waals surface area contributed by atoms with E-state index in [-0.39, 0.29) is 0 Å². The second-order valence-electron chi connectivity index (χ2n) is 4.24. The number of para-hydroxylation sites is 1. The van der Waals surface area contributed by atoms with Gasteiger partial charge in [-0.25, -0.2) is 4.79 Å². The number of hydrogen-bond donors (Lipinski definition) is 1. The van der Waals surface area contributed by atoms with E-state index in [1.807, 2.05) is 30.3 Å². The highest BCUT2D eigenvalue weighted by Gasteiger charge is 2.16. The number of ether oxygens (including phenoxy) is 2. The number of carboxylic acid groups (broad SMARTS) is 1. The van der Waals surface area contributed by atoms with Crippen LogP contribution in [0.3, 0.4) is 0 Å². The van der Waals surface area contributed by atoms with Gasteiger partial charge in [0.15, 0.2) is 6.10 Å². The zero-order chi connectivity index (χ0) is 14.4. The molecule has 0 heterocycles. The lowest BCUT2D eigenvalue weighted by atomic mass is 10.2. The first kappa shape index (κ1) is 13.9. The first-order valence-electron chi connectivity index (χ1n) is 6.41. The van der Waals surface area contributed by atoms with E-state index in [2.05, 4.69) is 0 Å². The van der Waals surface area contributed by atoms with Crippen LogP contribution in [0.15, 0.2) is 54.6 Å². The van der Waals surface area contributed by atoms with Gasteiger partial charge >= 0.3 is 5.97 Å². The van der Waals surface area contributed by atoms with Gasteiger partial charge in [-0.2, -0.15) is 0 Å². The van der Waals surface area contributed by atoms with Gasteiger partial charge in [-0.05, 0) is 30.7 Å². The molecule has 2 aromatic carbocycles. The van der Waals surface area contributed by atoms with Crippen LogP contribution in [0.2, 0.25) is 0 Å². The predicted molar refractivity (Wildman–Crippen MR) is 75.3 cm³/mol. The maximum Gasteiger partial charge on any atom is 0.344 e. The average Bonchev–Trinajstić information content (AvgIpc) is 2.46. The standard InChI is InChI=1S/C16H16O4/c1-2-15(16(17)18)20-14-10-6-9-13(11-14)19-12-7-4-3-5-8-12/h3-11,15H,2H2,1H3,(H,17,18). The van der Waals surface area contributed by atoms with Crippen molar-refractivity contribution in [2.24, 2.45) is 0 Å². The molecule has 4 nitrogen and oxygen atoms in total. The highest BCUT2D eigenvalue weighted by atomic mass is 16.5. The number of hydrogen-bond acceptors (Lipinski definition) is 3. The van der Waals surface area contributed by atoms with E-state index in [0.29, 0.717) is 17.9 Å². The summed E-state index contributed by atoms with van der Waals surface area (Å²) in [5.74, 6) is 0.832. The van der Waals surface area contributed by atoms with Crippen LogP contribution >= 0.6 is 0 Å². The van der Waals surface area contributed by atoms with Crippen molar-refractivity contribution in [3.8, 4) is 17.2 Å². The molecule has 0 saturated carbocycles. The Morgan fingerprint density at radius 3 is 2.35 bits per heavy atom. The molecule has 104 valence electrons. The molecule has 4 heteroatoms. The van der Waals surface area contributed by atoms with Crippen LogP contribution in [0.5, 0.6) is 17.2 Å². The fourth-order valence-corrected chi connectivity index (χ4v) is 1.71. The predicted octanol–water partition coefficient (Wildman–Crippen LogP) is 3.72. The summed E-state index contributed by atoms with van der Waals surface area (Å²) in [5.41, 5.74) is 0. The molecule has 0 saturated heterocycles. The number of carbonyl (C=O) groups is 1. The Labute approximate surface area is 117 Å². The zero-order valence-electron chi connectivity index (χ0n) is 11.2. The van der Waals surface area contributed by atoms with Crippen LogP contribution in [0.4, 0.5) is 0 Å². The second kappa shape index (κ2) is 6.61. The molecule has 2 aromatic rings. The van der Waals surface area contributed by atoms with Gasteiger partial charge in [0.25, 0.3) is 0 Å². The molecule has 1 unspecified atom stereocenters. The Balaban J connectivity index is 2.10. The van der Waals surface area contributed by atoms with Crippen molar-refractivity contribution in [3.05, 3.63) is 54.6 Å². The molecule has 0 spiro atoms. The summed E-state index contributed by atoms with van der Waals surface area (Å²) in [6.45, 7) is 1.77. The van der Waals surface area contributed by atoms with E-state index in [4.69, 9.17) is 14.6 Å². The molecule has 0 aliphatic heterocycles. The lowest BCUT2D eigenvalue weighted by Crippen LogP contribution is -2.25. The minimum absolute atomic E-state index is 0.402. The normalized spacial score (nSPS) is 11.7. The molecule has 0 radical (unpaired) electrons. The number of aliphatic carboxylic acids is 1. The smallest absolute Gasteiger partial charge is 0.344 e. The Hall–Kier alpha value is -2.49. The minimum Gasteiger partial charge on any atom is -0.479 e. The van der Waals surface area contributed by atoms with Gasteiger partial charge in [0, 0.05) is 6.07 Å². The van der Waals surface area contributed by atoms with Crippen molar-refractivity contribution in [3.63, 3.8) is 0 Å². The summed E-state index contributed by atoms with van der Waals surface area (Å²) in [5, 5.41) is 8.98. The van der Waals surface area contributed by atoms with Gasteiger partial charge < -0.3 is 14.6 Å². The van der Waals surface area contributed by atoms with Gasteiger partial charge in [-0.3, -0.25) is 0 Å². The van der Waals surface area contributed by atoms with Gasteiger partial charge in [0.2, 0.25) is 0 Å². The highest BCUT2D eigenvalue weighted by molar-refractivity contribution is 5.72. The Morgan fingerprint density at radius 2 is 1.70 bits per heavy atom. The molecular weight excluding hydrogens is 256 g/mol. The third kappa shape index (κ3) is 3.75. The topological polar surface area (TPSA) is 55.8 Å². The maximum absolute atomic E-state index is 11.0. The van der Waals surface area contributed by atoms with E-state index < -0.39 is 12.1 Å². The van der Waals surface area contributed by atoms with Crippen LogP contribution in [0.25, 0.3) is 0 Å². The fraction of sp³-hybridized carbons (Fsp3) is 0.188. The molecule has 0 amide bonds. The summed E-state index contributed by atoms with van der Waals surface area (Å²) in [4.78, 5) is 11.0. The fourth-order valence-electron chi connectivity index (χ4n) is 1.71. The highest BCUT2D eigenvalue weighted by Crippen LogP contribution is 2.25. The SMILES string of the molecule is CCC(Oc1cccc(Oc2ccccc2)c1)C(=O)O. The lowest BCUT2D eigenvalue weighted by molar-refractivity contribution is -0.145. The number of carboxylic acids is 1. The molecule has 20 heavy (non-hydrogen) atoms. The summed E-state index contributed by atoms with van der Waals surface area (Å²) >= 11 is 0. The maximum atomic E-state index is 11.0. The monoisotopic (exact) mass is 272 g/mol. The Kier molecular flexibility index (Phi) is 4.60. The first-order chi connectivity index (χ1) is 9.69. The van der Waals surface area contributed by atoms with Crippen molar-refractivity contribution in [1.29, 1.82) is 0 Å². The van der Waals surface area contributed by atoms with Crippen LogP contribution in [0.1, 0.15) is 13.3 Å². The van der Waals surface area contributed by atoms with Crippen molar-refractivity contribution in [2.75, 3.05) is 0 Å². The Bertz CT molecular complexity index is 566. The van der Waals surface area contributed by atoms with Crippen LogP contribution in [0, 0.1) is 0 Å². The van der Waals surface area contributed by atoms with E-state index in [9.17, 15) is 4.79 Å². The molecule has 1 atom stereocenters. The molecule has 0 aromatic heterocycles. The summed E-state index contributed by atoms with van der Waals surface area (Å²) < 4.78 is 11.1. The molecule has 0 aliphatic carbocycles. The zero-order valence-corrected chi connectivity index (χ0v) is 11.2. The number of benzene rings is 2. The Morgan fingerprint density at radius 1 is 1.05 bits per heavy atom. The molecule has 0 fully saturated rings. The summed E-state index contributed by atoms with van der Waals surface area (Å²) in [6, 6.07) is 16.3. The summed E-state index contributed by atoms with van der Waals surface area (Å²) in [6.07, 6.45) is -0.444. The van der Waals surface area contributed by atoms with Crippen molar-refractivity contribution >= 4 is 5.97 Å². The van der Waals surface area contributed by atoms with Gasteiger partial charge in [-0.1, -0.05) is 31.2 Å². The van der Waals surface area contributed by atoms with Crippen LogP contribution in [-0.4, -0.2) is 17.2 Å². The third-order valence-corrected chi connectivity index (χ3v) is 2.71. The second-order valence-corrected chi connectivity index (χ2v) is 4.24. The largest absolute Gasteiger partial charge is 0.479 e. The van der Waals surface area contributed by atoms with E-state index in [1.165, 1.54) is 0 Å². The first-order valence-corrected chi connectivity index (χ1v) is 6.41. The molecule has 0 aliphatic rings. The van der Waals surface area contributed by atoms with Crippen molar-refractivity contribution in [1.82, 2.24) is 0 Å². The quantitative estimate of drug-likeness (QED) is 0.870. The van der Waals surface area contributed by atoms with Gasteiger partial charge in [-0.15, -0.1) is 0 Å². The number of rotatable bonds is 6. The molecule has 2 rings (SSSR count). The molecule has 0 bridgehead atoms.